The molecule has 0 aliphatic carbocycles. The van der Waals surface area contributed by atoms with Gasteiger partial charge in [-0.15, -0.1) is 24.0 Å². The first-order chi connectivity index (χ1) is 10.3. The van der Waals surface area contributed by atoms with Crippen LogP contribution in [0.2, 0.25) is 0 Å². The summed E-state index contributed by atoms with van der Waals surface area (Å²) in [5, 5.41) is 3.41. The second kappa shape index (κ2) is 10.7. The van der Waals surface area contributed by atoms with Gasteiger partial charge in [0.25, 0.3) is 0 Å². The molecule has 0 amide bonds. The Bertz CT molecular complexity index is 430. The van der Waals surface area contributed by atoms with E-state index in [1.165, 1.54) is 18.5 Å². The van der Waals surface area contributed by atoms with Gasteiger partial charge in [0.2, 0.25) is 0 Å². The second-order valence-corrected chi connectivity index (χ2v) is 5.54. The summed E-state index contributed by atoms with van der Waals surface area (Å²) in [7, 11) is 2.14. The lowest BCUT2D eigenvalue weighted by atomic mass is 10.3. The number of guanidine groups is 1. The predicted molar refractivity (Wildman–Crippen MR) is 107 cm³/mol. The van der Waals surface area contributed by atoms with Gasteiger partial charge >= 0.3 is 0 Å². The van der Waals surface area contributed by atoms with Crippen molar-refractivity contribution in [3.63, 3.8) is 0 Å². The number of benzene rings is 1. The lowest BCUT2D eigenvalue weighted by Gasteiger charge is -2.21. The summed E-state index contributed by atoms with van der Waals surface area (Å²) in [6.45, 7) is 7.29. The maximum atomic E-state index is 4.77. The van der Waals surface area contributed by atoms with Crippen LogP contribution in [0.15, 0.2) is 35.3 Å². The van der Waals surface area contributed by atoms with E-state index >= 15 is 0 Å². The van der Waals surface area contributed by atoms with Crippen LogP contribution in [0.4, 0.5) is 5.69 Å². The third-order valence-corrected chi connectivity index (χ3v) is 3.85. The highest BCUT2D eigenvalue weighted by Gasteiger charge is 2.15. The molecule has 1 heterocycles. The lowest BCUT2D eigenvalue weighted by molar-refractivity contribution is 0.493. The summed E-state index contributed by atoms with van der Waals surface area (Å²) in [5.74, 6) is 1.09. The molecule has 0 radical (unpaired) electrons. The third-order valence-electron chi connectivity index (χ3n) is 3.85. The fourth-order valence-corrected chi connectivity index (χ4v) is 2.66. The fourth-order valence-electron chi connectivity index (χ4n) is 2.66. The van der Waals surface area contributed by atoms with E-state index in [0.717, 1.165) is 45.1 Å². The van der Waals surface area contributed by atoms with E-state index in [9.17, 15) is 0 Å². The minimum Gasteiger partial charge on any atom is -0.375 e. The minimum atomic E-state index is 0. The van der Waals surface area contributed by atoms with E-state index in [0.29, 0.717) is 0 Å². The molecule has 1 aliphatic rings. The highest BCUT2D eigenvalue weighted by atomic mass is 127. The molecule has 1 aliphatic heterocycles. The molecule has 0 saturated carbocycles. The quantitative estimate of drug-likeness (QED) is 0.335. The van der Waals surface area contributed by atoms with Crippen molar-refractivity contribution in [2.24, 2.45) is 4.99 Å². The van der Waals surface area contributed by atoms with Gasteiger partial charge in [-0.1, -0.05) is 18.2 Å². The largest absolute Gasteiger partial charge is 0.375 e. The number of rotatable bonds is 6. The van der Waals surface area contributed by atoms with E-state index in [4.69, 9.17) is 4.99 Å². The average molecular weight is 416 g/mol. The number of aliphatic imine (C=N–C) groups is 1. The van der Waals surface area contributed by atoms with Crippen LogP contribution in [0.5, 0.6) is 0 Å². The van der Waals surface area contributed by atoms with Crippen molar-refractivity contribution in [3.8, 4) is 0 Å². The van der Waals surface area contributed by atoms with Gasteiger partial charge in [0, 0.05) is 45.5 Å². The molecule has 1 saturated heterocycles. The van der Waals surface area contributed by atoms with Crippen LogP contribution in [0.25, 0.3) is 0 Å². The number of nitrogens with zero attached hydrogens (tertiary/aromatic N) is 3. The maximum absolute atomic E-state index is 4.77. The Morgan fingerprint density at radius 3 is 2.55 bits per heavy atom. The van der Waals surface area contributed by atoms with Crippen molar-refractivity contribution in [2.45, 2.75) is 26.2 Å². The number of hydrogen-bond acceptors (Lipinski definition) is 2. The van der Waals surface area contributed by atoms with Gasteiger partial charge in [0.15, 0.2) is 5.96 Å². The molecule has 22 heavy (non-hydrogen) atoms. The van der Waals surface area contributed by atoms with E-state index < -0.39 is 0 Å². The Balaban J connectivity index is 0.00000242. The van der Waals surface area contributed by atoms with Gasteiger partial charge < -0.3 is 15.1 Å². The molecular formula is C17H29IN4. The summed E-state index contributed by atoms with van der Waals surface area (Å²) in [4.78, 5) is 9.44. The van der Waals surface area contributed by atoms with Crippen molar-refractivity contribution >= 4 is 35.6 Å². The van der Waals surface area contributed by atoms with Crippen LogP contribution in [-0.4, -0.2) is 50.6 Å². The number of halogens is 1. The van der Waals surface area contributed by atoms with Crippen LogP contribution < -0.4 is 10.2 Å². The Hall–Kier alpha value is -0.980. The molecule has 0 unspecified atom stereocenters. The molecule has 0 bridgehead atoms. The maximum Gasteiger partial charge on any atom is 0.193 e. The molecule has 4 nitrogen and oxygen atoms in total. The Labute approximate surface area is 152 Å². The van der Waals surface area contributed by atoms with Crippen LogP contribution in [0, 0.1) is 0 Å². The Morgan fingerprint density at radius 1 is 1.23 bits per heavy atom. The molecule has 0 spiro atoms. The van der Waals surface area contributed by atoms with Gasteiger partial charge in [-0.2, -0.15) is 0 Å². The first-order valence-corrected chi connectivity index (χ1v) is 8.10. The topological polar surface area (TPSA) is 30.9 Å². The number of likely N-dealkylation sites (tertiary alicyclic amines) is 1. The first kappa shape index (κ1) is 19.1. The summed E-state index contributed by atoms with van der Waals surface area (Å²) >= 11 is 0. The second-order valence-electron chi connectivity index (χ2n) is 5.54. The zero-order chi connectivity index (χ0) is 14.9. The minimum absolute atomic E-state index is 0. The van der Waals surface area contributed by atoms with Crippen LogP contribution in [0.1, 0.15) is 26.2 Å². The number of nitrogens with one attached hydrogen (secondary N) is 1. The van der Waals surface area contributed by atoms with Crippen molar-refractivity contribution < 1.29 is 0 Å². The number of hydrogen-bond donors (Lipinski definition) is 1. The van der Waals surface area contributed by atoms with Gasteiger partial charge in [-0.25, -0.2) is 0 Å². The van der Waals surface area contributed by atoms with Crippen molar-refractivity contribution in [2.75, 3.05) is 44.7 Å². The van der Waals surface area contributed by atoms with Crippen LogP contribution in [-0.2, 0) is 0 Å². The zero-order valence-corrected chi connectivity index (χ0v) is 16.1. The zero-order valence-electron chi connectivity index (χ0n) is 13.8. The van der Waals surface area contributed by atoms with Gasteiger partial charge in [-0.3, -0.25) is 4.99 Å². The number of para-hydroxylation sites is 1. The van der Waals surface area contributed by atoms with Crippen LogP contribution >= 0.6 is 24.0 Å². The predicted octanol–water partition coefficient (Wildman–Crippen LogP) is 3.19. The molecule has 1 aromatic rings. The van der Waals surface area contributed by atoms with E-state index in [1.54, 1.807) is 0 Å². The highest BCUT2D eigenvalue weighted by molar-refractivity contribution is 14.0. The summed E-state index contributed by atoms with van der Waals surface area (Å²) < 4.78 is 0. The van der Waals surface area contributed by atoms with E-state index in [2.05, 4.69) is 59.4 Å². The molecule has 1 fully saturated rings. The normalized spacial score (nSPS) is 14.6. The van der Waals surface area contributed by atoms with Gasteiger partial charge in [0.1, 0.15) is 0 Å². The summed E-state index contributed by atoms with van der Waals surface area (Å²) in [5.41, 5.74) is 1.27. The molecule has 0 atom stereocenters. The first-order valence-electron chi connectivity index (χ1n) is 8.10. The summed E-state index contributed by atoms with van der Waals surface area (Å²) in [6.07, 6.45) is 3.66. The molecule has 1 aromatic carbocycles. The molecular weight excluding hydrogens is 387 g/mol. The van der Waals surface area contributed by atoms with Gasteiger partial charge in [0.05, 0.1) is 0 Å². The SMILES string of the molecule is CCNC(=NCCCN(C)c1ccccc1)N1CCCC1.I. The van der Waals surface area contributed by atoms with E-state index in [-0.39, 0.29) is 24.0 Å². The number of anilines is 1. The van der Waals surface area contributed by atoms with Crippen molar-refractivity contribution in [1.82, 2.24) is 10.2 Å². The molecule has 5 heteroatoms. The van der Waals surface area contributed by atoms with Crippen molar-refractivity contribution in [3.05, 3.63) is 30.3 Å². The third kappa shape index (κ3) is 6.02. The molecule has 2 rings (SSSR count). The standard InChI is InChI=1S/C17H28N4.HI/c1-3-18-17(21-14-7-8-15-21)19-12-9-13-20(2)16-10-5-4-6-11-16;/h4-6,10-11H,3,7-9,12-15H2,1-2H3,(H,18,19);1H. The Morgan fingerprint density at radius 2 is 1.91 bits per heavy atom. The lowest BCUT2D eigenvalue weighted by Crippen LogP contribution is -2.39. The molecule has 124 valence electrons. The van der Waals surface area contributed by atoms with Gasteiger partial charge in [-0.05, 0) is 38.3 Å². The smallest absolute Gasteiger partial charge is 0.193 e. The highest BCUT2D eigenvalue weighted by Crippen LogP contribution is 2.11. The fraction of sp³-hybridized carbons (Fsp3) is 0.588. The van der Waals surface area contributed by atoms with Crippen LogP contribution in [0.3, 0.4) is 0 Å². The monoisotopic (exact) mass is 416 g/mol. The molecule has 1 N–H and O–H groups in total. The summed E-state index contributed by atoms with van der Waals surface area (Å²) in [6, 6.07) is 10.5. The Kier molecular flexibility index (Phi) is 9.27. The molecule has 0 aromatic heterocycles. The average Bonchev–Trinajstić information content (AvgIpc) is 3.05. The van der Waals surface area contributed by atoms with Crippen molar-refractivity contribution in [1.29, 1.82) is 0 Å². The van der Waals surface area contributed by atoms with E-state index in [1.807, 2.05) is 0 Å².